The van der Waals surface area contributed by atoms with Gasteiger partial charge in [0.05, 0.1) is 25.5 Å². The SMILES string of the molecule is CC(=O)CC[C@H]1CN(c2cc(F)c(N3CCNN(C(=O)CCCF)CC3)c(F)c2)C(=O)O1. The minimum absolute atomic E-state index is 0.0319. The van der Waals surface area contributed by atoms with E-state index in [4.69, 9.17) is 4.74 Å². The fourth-order valence-corrected chi connectivity index (χ4v) is 3.78. The van der Waals surface area contributed by atoms with Crippen molar-refractivity contribution in [2.75, 3.05) is 49.2 Å². The van der Waals surface area contributed by atoms with Gasteiger partial charge in [-0.2, -0.15) is 0 Å². The third-order valence-electron chi connectivity index (χ3n) is 5.43. The van der Waals surface area contributed by atoms with Gasteiger partial charge in [0.2, 0.25) is 5.91 Å². The number of hydrazine groups is 1. The van der Waals surface area contributed by atoms with Crippen LogP contribution in [-0.2, 0) is 14.3 Å². The van der Waals surface area contributed by atoms with Crippen LogP contribution in [0.15, 0.2) is 12.1 Å². The molecule has 0 aliphatic carbocycles. The molecule has 0 aromatic heterocycles. The molecule has 0 radical (unpaired) electrons. The van der Waals surface area contributed by atoms with Gasteiger partial charge in [-0.1, -0.05) is 0 Å². The van der Waals surface area contributed by atoms with Crippen molar-refractivity contribution in [3.63, 3.8) is 0 Å². The molecule has 2 fully saturated rings. The number of nitrogens with one attached hydrogen (secondary N) is 1. The highest BCUT2D eigenvalue weighted by molar-refractivity contribution is 5.90. The number of carbonyl (C=O) groups is 3. The Balaban J connectivity index is 1.69. The minimum Gasteiger partial charge on any atom is -0.444 e. The number of hydrogen-bond donors (Lipinski definition) is 1. The molecule has 1 atom stereocenters. The number of Topliss-reactive ketones (excluding diaryl/α,β-unsaturated/α-hetero) is 1. The monoisotopic (exact) mass is 456 g/mol. The molecular weight excluding hydrogens is 429 g/mol. The Morgan fingerprint density at radius 1 is 1.16 bits per heavy atom. The lowest BCUT2D eigenvalue weighted by atomic mass is 10.1. The number of ketones is 1. The molecule has 0 spiro atoms. The lowest BCUT2D eigenvalue weighted by molar-refractivity contribution is -0.134. The number of carbonyl (C=O) groups excluding carboxylic acids is 3. The number of hydrogen-bond acceptors (Lipinski definition) is 6. The van der Waals surface area contributed by atoms with Crippen LogP contribution in [0.3, 0.4) is 0 Å². The predicted molar refractivity (Wildman–Crippen MR) is 111 cm³/mol. The summed E-state index contributed by atoms with van der Waals surface area (Å²) < 4.78 is 47.4. The predicted octanol–water partition coefficient (Wildman–Crippen LogP) is 2.56. The highest BCUT2D eigenvalue weighted by Gasteiger charge is 2.34. The average Bonchev–Trinajstić information content (AvgIpc) is 2.95. The molecule has 176 valence electrons. The molecule has 2 saturated heterocycles. The normalized spacial score (nSPS) is 19.2. The molecule has 2 amide bonds. The van der Waals surface area contributed by atoms with Gasteiger partial charge in [0.1, 0.15) is 17.6 Å². The smallest absolute Gasteiger partial charge is 0.414 e. The average molecular weight is 456 g/mol. The van der Waals surface area contributed by atoms with Crippen molar-refractivity contribution in [1.29, 1.82) is 0 Å². The largest absolute Gasteiger partial charge is 0.444 e. The molecule has 0 unspecified atom stereocenters. The number of cyclic esters (lactones) is 1. The number of amides is 2. The van der Waals surface area contributed by atoms with E-state index in [-0.39, 0.29) is 75.1 Å². The summed E-state index contributed by atoms with van der Waals surface area (Å²) in [7, 11) is 0. The van der Waals surface area contributed by atoms with Crippen LogP contribution in [0.4, 0.5) is 29.3 Å². The number of anilines is 2. The van der Waals surface area contributed by atoms with Gasteiger partial charge in [-0.3, -0.25) is 19.1 Å². The number of ether oxygens (including phenoxy) is 1. The molecular formula is C21H27F3N4O4. The number of rotatable bonds is 8. The van der Waals surface area contributed by atoms with Crippen LogP contribution in [0.2, 0.25) is 0 Å². The third kappa shape index (κ3) is 5.70. The molecule has 32 heavy (non-hydrogen) atoms. The first kappa shape index (κ1) is 23.8. The molecule has 3 rings (SSSR count). The molecule has 0 bridgehead atoms. The van der Waals surface area contributed by atoms with Crippen LogP contribution in [0.25, 0.3) is 0 Å². The molecule has 1 N–H and O–H groups in total. The van der Waals surface area contributed by atoms with Crippen molar-refractivity contribution >= 4 is 29.2 Å². The first-order chi connectivity index (χ1) is 15.3. The Hall–Kier alpha value is -2.82. The van der Waals surface area contributed by atoms with Crippen LogP contribution in [0, 0.1) is 11.6 Å². The summed E-state index contributed by atoms with van der Waals surface area (Å²) >= 11 is 0. The maximum Gasteiger partial charge on any atom is 0.414 e. The quantitative estimate of drug-likeness (QED) is 0.648. The van der Waals surface area contributed by atoms with Gasteiger partial charge in [0.15, 0.2) is 11.6 Å². The Labute approximate surface area is 184 Å². The number of alkyl halides is 1. The number of benzene rings is 1. The standard InChI is InChI=1S/C21H27F3N4O4/c1-14(29)4-5-16-13-27(21(31)32-16)15-11-17(23)20(18(24)12-15)26-8-7-25-28(10-9-26)19(30)3-2-6-22/h11-12,16,25H,2-10,13H2,1H3/t16-/m0/s1. The number of halogens is 3. The van der Waals surface area contributed by atoms with Gasteiger partial charge >= 0.3 is 6.09 Å². The van der Waals surface area contributed by atoms with Gasteiger partial charge in [-0.05, 0) is 19.8 Å². The summed E-state index contributed by atoms with van der Waals surface area (Å²) in [5.74, 6) is -1.97. The van der Waals surface area contributed by atoms with Crippen molar-refractivity contribution in [2.45, 2.75) is 38.7 Å². The van der Waals surface area contributed by atoms with E-state index in [1.54, 1.807) is 0 Å². The maximum atomic E-state index is 14.9. The van der Waals surface area contributed by atoms with Crippen LogP contribution in [0.1, 0.15) is 32.6 Å². The molecule has 2 aliphatic rings. The Kier molecular flexibility index (Phi) is 7.94. The lowest BCUT2D eigenvalue weighted by Crippen LogP contribution is -2.43. The van der Waals surface area contributed by atoms with E-state index in [2.05, 4.69) is 5.43 Å². The second kappa shape index (κ2) is 10.7. The van der Waals surface area contributed by atoms with Crippen LogP contribution in [-0.4, -0.2) is 68.3 Å². The fourth-order valence-electron chi connectivity index (χ4n) is 3.78. The van der Waals surface area contributed by atoms with E-state index in [1.165, 1.54) is 16.8 Å². The fraction of sp³-hybridized carbons (Fsp3) is 0.571. The molecule has 11 heteroatoms. The van der Waals surface area contributed by atoms with Crippen molar-refractivity contribution in [2.24, 2.45) is 0 Å². The van der Waals surface area contributed by atoms with Crippen LogP contribution in [0.5, 0.6) is 0 Å². The van der Waals surface area contributed by atoms with Gasteiger partial charge in [-0.15, -0.1) is 0 Å². The first-order valence-electron chi connectivity index (χ1n) is 10.6. The van der Waals surface area contributed by atoms with E-state index in [9.17, 15) is 27.6 Å². The highest BCUT2D eigenvalue weighted by atomic mass is 19.1. The molecule has 1 aromatic carbocycles. The van der Waals surface area contributed by atoms with Gasteiger partial charge < -0.3 is 14.4 Å². The summed E-state index contributed by atoms with van der Waals surface area (Å²) in [4.78, 5) is 38.0. The Bertz CT molecular complexity index is 846. The van der Waals surface area contributed by atoms with Crippen molar-refractivity contribution in [3.8, 4) is 0 Å². The van der Waals surface area contributed by atoms with Crippen LogP contribution < -0.4 is 15.2 Å². The molecule has 0 saturated carbocycles. The molecule has 1 aromatic rings. The van der Waals surface area contributed by atoms with E-state index in [1.807, 2.05) is 0 Å². The minimum atomic E-state index is -0.836. The van der Waals surface area contributed by atoms with E-state index >= 15 is 0 Å². The van der Waals surface area contributed by atoms with E-state index in [0.717, 1.165) is 17.0 Å². The summed E-state index contributed by atoms with van der Waals surface area (Å²) in [6.45, 7) is 1.85. The summed E-state index contributed by atoms with van der Waals surface area (Å²) in [6, 6.07) is 2.16. The summed E-state index contributed by atoms with van der Waals surface area (Å²) in [6.07, 6.45) is -0.451. The first-order valence-corrected chi connectivity index (χ1v) is 10.6. The zero-order valence-corrected chi connectivity index (χ0v) is 17.9. The van der Waals surface area contributed by atoms with Gasteiger partial charge in [0, 0.05) is 44.6 Å². The number of nitrogens with zero attached hydrogens (tertiary/aromatic N) is 3. The molecule has 2 heterocycles. The van der Waals surface area contributed by atoms with Crippen molar-refractivity contribution in [1.82, 2.24) is 10.4 Å². The Morgan fingerprint density at radius 3 is 2.53 bits per heavy atom. The summed E-state index contributed by atoms with van der Waals surface area (Å²) in [5, 5.41) is 1.35. The second-order valence-electron chi connectivity index (χ2n) is 7.85. The van der Waals surface area contributed by atoms with Crippen LogP contribution >= 0.6 is 0 Å². The van der Waals surface area contributed by atoms with E-state index < -0.39 is 30.5 Å². The third-order valence-corrected chi connectivity index (χ3v) is 5.43. The maximum absolute atomic E-state index is 14.9. The molecule has 2 aliphatic heterocycles. The summed E-state index contributed by atoms with van der Waals surface area (Å²) in [5.41, 5.74) is 2.69. The van der Waals surface area contributed by atoms with Gasteiger partial charge in [-0.25, -0.2) is 19.0 Å². The topological polar surface area (TPSA) is 82.2 Å². The second-order valence-corrected chi connectivity index (χ2v) is 7.85. The van der Waals surface area contributed by atoms with Crippen molar-refractivity contribution in [3.05, 3.63) is 23.8 Å². The zero-order valence-electron chi connectivity index (χ0n) is 17.9. The zero-order chi connectivity index (χ0) is 23.3. The highest BCUT2D eigenvalue weighted by Crippen LogP contribution is 2.31. The lowest BCUT2D eigenvalue weighted by Gasteiger charge is -2.25. The van der Waals surface area contributed by atoms with Gasteiger partial charge in [0.25, 0.3) is 0 Å². The molecule has 8 nitrogen and oxygen atoms in total. The van der Waals surface area contributed by atoms with E-state index in [0.29, 0.717) is 6.42 Å². The van der Waals surface area contributed by atoms with Crippen molar-refractivity contribution < 1.29 is 32.3 Å². The Morgan fingerprint density at radius 2 is 1.88 bits per heavy atom.